The molecule has 0 bridgehead atoms. The second kappa shape index (κ2) is 4.43. The van der Waals surface area contributed by atoms with Gasteiger partial charge in [0, 0.05) is 12.2 Å². The highest BCUT2D eigenvalue weighted by atomic mass is 16.5. The van der Waals surface area contributed by atoms with Gasteiger partial charge in [0.15, 0.2) is 0 Å². The maximum absolute atomic E-state index is 10.3. The molecule has 0 rings (SSSR count). The molecule has 0 saturated carbocycles. The van der Waals surface area contributed by atoms with Gasteiger partial charge in [0.25, 0.3) is 5.95 Å². The van der Waals surface area contributed by atoms with Gasteiger partial charge in [-0.15, -0.1) is 0 Å². The van der Waals surface area contributed by atoms with Crippen molar-refractivity contribution in [2.45, 2.75) is 0 Å². The molecule has 0 aromatic rings. The van der Waals surface area contributed by atoms with Crippen molar-refractivity contribution in [2.24, 2.45) is 0 Å². The average Bonchev–Trinajstić information content (AvgIpc) is 1.87. The Morgan fingerprint density at radius 2 is 2.20 bits per heavy atom. The Labute approximate surface area is 58.0 Å². The third-order valence-corrected chi connectivity index (χ3v) is 0.658. The lowest BCUT2D eigenvalue weighted by atomic mass is 10.6. The van der Waals surface area contributed by atoms with Crippen LogP contribution in [0.15, 0.2) is 24.7 Å². The lowest BCUT2D eigenvalue weighted by Gasteiger charge is -1.94. The monoisotopic (exact) mass is 144 g/mol. The summed E-state index contributed by atoms with van der Waals surface area (Å²) in [6.07, 6.45) is 1.93. The lowest BCUT2D eigenvalue weighted by molar-refractivity contribution is -0.136. The van der Waals surface area contributed by atoms with E-state index in [4.69, 9.17) is 10.2 Å². The number of carbonyl (C=O) groups is 1. The third-order valence-electron chi connectivity index (χ3n) is 0.658. The lowest BCUT2D eigenvalue weighted by Crippen LogP contribution is -1.99. The van der Waals surface area contributed by atoms with E-state index in [9.17, 15) is 4.79 Å². The highest BCUT2D eigenvalue weighted by molar-refractivity contribution is 5.81. The highest BCUT2D eigenvalue weighted by Gasteiger charge is 1.91. The molecule has 0 aliphatic heterocycles. The number of esters is 1. The number of aliphatic hydroxyl groups excluding tert-OH is 1. The average molecular weight is 144 g/mol. The Bertz CT molecular complexity index is 155. The van der Waals surface area contributed by atoms with Gasteiger partial charge in [-0.25, -0.2) is 4.79 Å². The van der Waals surface area contributed by atoms with Crippen LogP contribution < -0.4 is 0 Å². The van der Waals surface area contributed by atoms with E-state index < -0.39 is 11.9 Å². The molecule has 0 saturated heterocycles. The minimum Gasteiger partial charge on any atom is -0.481 e. The maximum Gasteiger partial charge on any atom is 0.330 e. The summed E-state index contributed by atoms with van der Waals surface area (Å²) in [6.45, 7) is 2.98. The number of ether oxygens (including phenoxy) is 1. The van der Waals surface area contributed by atoms with E-state index in [2.05, 4.69) is 11.3 Å². The van der Waals surface area contributed by atoms with Gasteiger partial charge in [-0.05, 0) is 0 Å². The molecule has 4 nitrogen and oxygen atoms in total. The SMILES string of the molecule is C=CC(=O)OCC=C(O)O. The van der Waals surface area contributed by atoms with E-state index in [1.165, 1.54) is 0 Å². The van der Waals surface area contributed by atoms with Crippen molar-refractivity contribution < 1.29 is 19.7 Å². The molecule has 0 spiro atoms. The van der Waals surface area contributed by atoms with Crippen molar-refractivity contribution in [1.29, 1.82) is 0 Å². The van der Waals surface area contributed by atoms with Gasteiger partial charge < -0.3 is 14.9 Å². The standard InChI is InChI=1S/C6H8O4/c1-2-6(9)10-4-3-5(7)8/h2-3,7-8H,1,4H2. The second-order valence-electron chi connectivity index (χ2n) is 1.40. The fraction of sp³-hybridized carbons (Fsp3) is 0.167. The maximum atomic E-state index is 10.3. The summed E-state index contributed by atoms with van der Waals surface area (Å²) >= 11 is 0. The number of hydrogen-bond donors (Lipinski definition) is 2. The van der Waals surface area contributed by atoms with Crippen molar-refractivity contribution >= 4 is 5.97 Å². The Morgan fingerprint density at radius 3 is 2.60 bits per heavy atom. The Morgan fingerprint density at radius 1 is 1.60 bits per heavy atom. The van der Waals surface area contributed by atoms with Crippen LogP contribution in [0.2, 0.25) is 0 Å². The molecular formula is C6H8O4. The van der Waals surface area contributed by atoms with Gasteiger partial charge in [0.05, 0.1) is 0 Å². The van der Waals surface area contributed by atoms with Gasteiger partial charge in [0.1, 0.15) is 6.61 Å². The van der Waals surface area contributed by atoms with E-state index >= 15 is 0 Å². The quantitative estimate of drug-likeness (QED) is 0.347. The molecule has 0 atom stereocenters. The Kier molecular flexibility index (Phi) is 3.79. The van der Waals surface area contributed by atoms with Crippen molar-refractivity contribution in [2.75, 3.05) is 6.61 Å². The molecule has 56 valence electrons. The molecule has 0 aromatic heterocycles. The van der Waals surface area contributed by atoms with Gasteiger partial charge in [-0.3, -0.25) is 0 Å². The molecule has 10 heavy (non-hydrogen) atoms. The van der Waals surface area contributed by atoms with E-state index in [1.807, 2.05) is 0 Å². The first-order chi connectivity index (χ1) is 4.66. The molecule has 0 fully saturated rings. The fourth-order valence-electron chi connectivity index (χ4n) is 0.257. The fourth-order valence-corrected chi connectivity index (χ4v) is 0.257. The van der Waals surface area contributed by atoms with Crippen LogP contribution in [0, 0.1) is 0 Å². The van der Waals surface area contributed by atoms with E-state index in [1.54, 1.807) is 0 Å². The van der Waals surface area contributed by atoms with Crippen LogP contribution in [0.4, 0.5) is 0 Å². The zero-order valence-electron chi connectivity index (χ0n) is 5.28. The number of hydrogen-bond acceptors (Lipinski definition) is 4. The van der Waals surface area contributed by atoms with Crippen molar-refractivity contribution in [3.63, 3.8) is 0 Å². The molecule has 0 aliphatic rings. The van der Waals surface area contributed by atoms with E-state index in [0.29, 0.717) is 0 Å². The normalized spacial score (nSPS) is 8.00. The van der Waals surface area contributed by atoms with Crippen molar-refractivity contribution in [3.8, 4) is 0 Å². The van der Waals surface area contributed by atoms with Crippen molar-refractivity contribution in [3.05, 3.63) is 24.7 Å². The molecule has 0 unspecified atom stereocenters. The largest absolute Gasteiger partial charge is 0.481 e. The number of rotatable bonds is 3. The molecule has 0 aromatic carbocycles. The summed E-state index contributed by atoms with van der Waals surface area (Å²) in [6, 6.07) is 0. The topological polar surface area (TPSA) is 66.8 Å². The molecule has 0 radical (unpaired) electrons. The molecule has 4 heteroatoms. The molecule has 2 N–H and O–H groups in total. The first-order valence-corrected chi connectivity index (χ1v) is 2.54. The summed E-state index contributed by atoms with van der Waals surface area (Å²) in [4.78, 5) is 10.3. The Balaban J connectivity index is 3.46. The van der Waals surface area contributed by atoms with Gasteiger partial charge in [-0.2, -0.15) is 0 Å². The minimum atomic E-state index is -0.864. The minimum absolute atomic E-state index is 0.160. The van der Waals surface area contributed by atoms with Crippen LogP contribution in [0.3, 0.4) is 0 Å². The second-order valence-corrected chi connectivity index (χ2v) is 1.40. The highest BCUT2D eigenvalue weighted by Crippen LogP contribution is 1.83. The molecule has 0 aliphatic carbocycles. The third kappa shape index (κ3) is 4.70. The van der Waals surface area contributed by atoms with E-state index in [0.717, 1.165) is 12.2 Å². The van der Waals surface area contributed by atoms with Crippen LogP contribution in [-0.2, 0) is 9.53 Å². The van der Waals surface area contributed by atoms with Crippen LogP contribution >= 0.6 is 0 Å². The van der Waals surface area contributed by atoms with Gasteiger partial charge >= 0.3 is 5.97 Å². The number of aliphatic hydroxyl groups is 2. The van der Waals surface area contributed by atoms with Crippen molar-refractivity contribution in [1.82, 2.24) is 0 Å². The van der Waals surface area contributed by atoms with Crippen LogP contribution in [0.25, 0.3) is 0 Å². The van der Waals surface area contributed by atoms with Gasteiger partial charge in [0.2, 0.25) is 0 Å². The molecule has 0 amide bonds. The summed E-state index contributed by atoms with van der Waals surface area (Å²) in [7, 11) is 0. The van der Waals surface area contributed by atoms with Crippen LogP contribution in [0.1, 0.15) is 0 Å². The first-order valence-electron chi connectivity index (χ1n) is 2.54. The smallest absolute Gasteiger partial charge is 0.330 e. The predicted octanol–water partition coefficient (Wildman–Crippen LogP) is 0.673. The summed E-state index contributed by atoms with van der Waals surface area (Å²) < 4.78 is 4.35. The van der Waals surface area contributed by atoms with E-state index in [-0.39, 0.29) is 6.61 Å². The summed E-state index contributed by atoms with van der Waals surface area (Å²) in [5.74, 6) is -1.46. The molecule has 0 heterocycles. The van der Waals surface area contributed by atoms with Crippen LogP contribution in [-0.4, -0.2) is 22.8 Å². The Hall–Kier alpha value is -1.45. The zero-order valence-corrected chi connectivity index (χ0v) is 5.28. The summed E-state index contributed by atoms with van der Waals surface area (Å²) in [5, 5.41) is 16.3. The summed E-state index contributed by atoms with van der Waals surface area (Å²) in [5.41, 5.74) is 0. The molecular weight excluding hydrogens is 136 g/mol. The van der Waals surface area contributed by atoms with Crippen LogP contribution in [0.5, 0.6) is 0 Å². The zero-order chi connectivity index (χ0) is 7.98. The predicted molar refractivity (Wildman–Crippen MR) is 34.5 cm³/mol. The number of carbonyl (C=O) groups excluding carboxylic acids is 1. The van der Waals surface area contributed by atoms with Gasteiger partial charge in [-0.1, -0.05) is 6.58 Å². The first kappa shape index (κ1) is 8.55.